The number of benzene rings is 2. The van der Waals surface area contributed by atoms with Crippen molar-refractivity contribution in [1.29, 1.82) is 0 Å². The van der Waals surface area contributed by atoms with Gasteiger partial charge < -0.3 is 4.74 Å². The summed E-state index contributed by atoms with van der Waals surface area (Å²) >= 11 is 8.42. The lowest BCUT2D eigenvalue weighted by atomic mass is 10.0. The van der Waals surface area contributed by atoms with Gasteiger partial charge in [0.15, 0.2) is 0 Å². The predicted octanol–water partition coefficient (Wildman–Crippen LogP) is 5.55. The number of fused-ring (bicyclic) bond motifs is 1. The number of alkyl halides is 1. The molecule has 0 aliphatic rings. The molecule has 102 valence electrons. The molecule has 1 unspecified atom stereocenters. The van der Waals surface area contributed by atoms with Crippen molar-refractivity contribution in [2.75, 3.05) is 7.11 Å². The second-order valence-corrected chi connectivity index (χ2v) is 6.13. The van der Waals surface area contributed by atoms with E-state index in [0.29, 0.717) is 0 Å². The summed E-state index contributed by atoms with van der Waals surface area (Å²) in [6.07, 6.45) is 0. The number of hydrogen-bond donors (Lipinski definition) is 0. The van der Waals surface area contributed by atoms with Crippen molar-refractivity contribution in [3.8, 4) is 5.75 Å². The maximum atomic E-state index is 6.69. The predicted molar refractivity (Wildman–Crippen MR) is 87.3 cm³/mol. The van der Waals surface area contributed by atoms with Crippen molar-refractivity contribution in [3.05, 3.63) is 64.5 Å². The van der Waals surface area contributed by atoms with Crippen molar-refractivity contribution in [2.45, 2.75) is 12.3 Å². The van der Waals surface area contributed by atoms with Crippen LogP contribution < -0.4 is 4.74 Å². The van der Waals surface area contributed by atoms with Gasteiger partial charge in [0.1, 0.15) is 5.75 Å². The van der Waals surface area contributed by atoms with E-state index in [4.69, 9.17) is 16.3 Å². The molecule has 0 spiro atoms. The molecule has 1 aromatic heterocycles. The molecule has 3 aromatic rings. The van der Waals surface area contributed by atoms with E-state index < -0.39 is 0 Å². The summed E-state index contributed by atoms with van der Waals surface area (Å²) in [5.41, 5.74) is 3.39. The molecule has 0 aliphatic carbocycles. The number of thiophene rings is 1. The molecule has 0 fully saturated rings. The number of ether oxygens (including phenoxy) is 1. The molecule has 1 heterocycles. The summed E-state index contributed by atoms with van der Waals surface area (Å²) in [6, 6.07) is 14.5. The first-order chi connectivity index (χ1) is 9.70. The third kappa shape index (κ3) is 2.30. The van der Waals surface area contributed by atoms with Crippen molar-refractivity contribution in [2.24, 2.45) is 0 Å². The Morgan fingerprint density at radius 3 is 2.70 bits per heavy atom. The van der Waals surface area contributed by atoms with Crippen LogP contribution >= 0.6 is 22.9 Å². The third-order valence-electron chi connectivity index (χ3n) is 3.50. The summed E-state index contributed by atoms with van der Waals surface area (Å²) in [5, 5.41) is 3.27. The minimum Gasteiger partial charge on any atom is -0.496 e. The number of rotatable bonds is 3. The first-order valence-electron chi connectivity index (χ1n) is 6.45. The zero-order valence-corrected chi connectivity index (χ0v) is 13.0. The molecule has 1 atom stereocenters. The smallest absolute Gasteiger partial charge is 0.121 e. The van der Waals surface area contributed by atoms with Gasteiger partial charge in [0.2, 0.25) is 0 Å². The molecule has 0 radical (unpaired) electrons. The lowest BCUT2D eigenvalue weighted by Crippen LogP contribution is -1.94. The number of hydrogen-bond acceptors (Lipinski definition) is 2. The van der Waals surface area contributed by atoms with Crippen molar-refractivity contribution < 1.29 is 4.74 Å². The summed E-state index contributed by atoms with van der Waals surface area (Å²) in [6.45, 7) is 2.04. The Kier molecular flexibility index (Phi) is 3.68. The van der Waals surface area contributed by atoms with Crippen molar-refractivity contribution in [1.82, 2.24) is 0 Å². The van der Waals surface area contributed by atoms with Crippen LogP contribution in [0.25, 0.3) is 10.1 Å². The number of halogens is 1. The Labute approximate surface area is 127 Å². The van der Waals surface area contributed by atoms with Crippen LogP contribution in [-0.4, -0.2) is 7.11 Å². The van der Waals surface area contributed by atoms with Gasteiger partial charge >= 0.3 is 0 Å². The van der Waals surface area contributed by atoms with Crippen LogP contribution in [0, 0.1) is 6.92 Å². The van der Waals surface area contributed by atoms with Gasteiger partial charge in [0.25, 0.3) is 0 Å². The van der Waals surface area contributed by atoms with Crippen molar-refractivity contribution >= 4 is 33.0 Å². The quantitative estimate of drug-likeness (QED) is 0.577. The highest BCUT2D eigenvalue weighted by Gasteiger charge is 2.16. The Bertz CT molecular complexity index is 748. The first kappa shape index (κ1) is 13.5. The first-order valence-corrected chi connectivity index (χ1v) is 7.77. The van der Waals surface area contributed by atoms with Crippen molar-refractivity contribution in [3.63, 3.8) is 0 Å². The number of aryl methyl sites for hydroxylation is 1. The minimum absolute atomic E-state index is 0.129. The SMILES string of the molecule is COc1ccc(C(Cl)c2csc3ccccc23)cc1C. The van der Waals surface area contributed by atoms with E-state index in [1.807, 2.05) is 19.1 Å². The normalized spacial score (nSPS) is 12.6. The lowest BCUT2D eigenvalue weighted by Gasteiger charge is -2.12. The largest absolute Gasteiger partial charge is 0.496 e. The highest BCUT2D eigenvalue weighted by Crippen LogP contribution is 2.38. The fourth-order valence-corrected chi connectivity index (χ4v) is 3.81. The van der Waals surface area contributed by atoms with Crippen LogP contribution in [0.4, 0.5) is 0 Å². The molecular formula is C17H15ClOS. The van der Waals surface area contributed by atoms with Crippen LogP contribution in [0.3, 0.4) is 0 Å². The lowest BCUT2D eigenvalue weighted by molar-refractivity contribution is 0.411. The van der Waals surface area contributed by atoms with Crippen LogP contribution in [0.1, 0.15) is 22.1 Å². The van der Waals surface area contributed by atoms with Gasteiger partial charge in [-0.05, 0) is 46.5 Å². The van der Waals surface area contributed by atoms with E-state index in [1.165, 1.54) is 15.6 Å². The maximum absolute atomic E-state index is 6.69. The van der Waals surface area contributed by atoms with Gasteiger partial charge in [-0.3, -0.25) is 0 Å². The molecule has 20 heavy (non-hydrogen) atoms. The average Bonchev–Trinajstić information content (AvgIpc) is 2.90. The van der Waals surface area contributed by atoms with E-state index in [1.54, 1.807) is 18.4 Å². The third-order valence-corrected chi connectivity index (χ3v) is 4.96. The summed E-state index contributed by atoms with van der Waals surface area (Å²) < 4.78 is 6.58. The molecular weight excluding hydrogens is 288 g/mol. The molecule has 2 aromatic carbocycles. The molecule has 0 saturated carbocycles. The molecule has 3 rings (SSSR count). The van der Waals surface area contributed by atoms with E-state index in [0.717, 1.165) is 16.9 Å². The summed E-state index contributed by atoms with van der Waals surface area (Å²) in [7, 11) is 1.69. The van der Waals surface area contributed by atoms with Gasteiger partial charge in [-0.15, -0.1) is 22.9 Å². The average molecular weight is 303 g/mol. The second kappa shape index (κ2) is 5.47. The standard InChI is InChI=1S/C17H15ClOS/c1-11-9-12(7-8-15(11)19-2)17(18)14-10-20-16-6-4-3-5-13(14)16/h3-10,17H,1-2H3. The highest BCUT2D eigenvalue weighted by molar-refractivity contribution is 7.17. The van der Waals surface area contributed by atoms with Crippen LogP contribution in [0.5, 0.6) is 5.75 Å². The van der Waals surface area contributed by atoms with Gasteiger partial charge in [-0.2, -0.15) is 0 Å². The Balaban J connectivity index is 2.04. The van der Waals surface area contributed by atoms with Crippen LogP contribution in [0.2, 0.25) is 0 Å². The van der Waals surface area contributed by atoms with Gasteiger partial charge in [-0.25, -0.2) is 0 Å². The monoisotopic (exact) mass is 302 g/mol. The topological polar surface area (TPSA) is 9.23 Å². The fraction of sp³-hybridized carbons (Fsp3) is 0.176. The molecule has 3 heteroatoms. The molecule has 0 amide bonds. The Morgan fingerprint density at radius 2 is 1.95 bits per heavy atom. The Hall–Kier alpha value is -1.51. The highest BCUT2D eigenvalue weighted by atomic mass is 35.5. The zero-order chi connectivity index (χ0) is 14.1. The summed E-state index contributed by atoms with van der Waals surface area (Å²) in [4.78, 5) is 0. The maximum Gasteiger partial charge on any atom is 0.121 e. The van der Waals surface area contributed by atoms with Gasteiger partial charge in [-0.1, -0.05) is 30.3 Å². The van der Waals surface area contributed by atoms with Crippen LogP contribution in [-0.2, 0) is 0 Å². The van der Waals surface area contributed by atoms with Crippen LogP contribution in [0.15, 0.2) is 47.8 Å². The van der Waals surface area contributed by atoms with E-state index in [-0.39, 0.29) is 5.38 Å². The Morgan fingerprint density at radius 1 is 1.15 bits per heavy atom. The molecule has 0 aliphatic heterocycles. The molecule has 0 saturated heterocycles. The van der Waals surface area contributed by atoms with Gasteiger partial charge in [0.05, 0.1) is 12.5 Å². The van der Waals surface area contributed by atoms with Gasteiger partial charge in [0, 0.05) is 4.70 Å². The minimum atomic E-state index is -0.129. The molecule has 1 nitrogen and oxygen atoms in total. The zero-order valence-electron chi connectivity index (χ0n) is 11.4. The molecule has 0 bridgehead atoms. The summed E-state index contributed by atoms with van der Waals surface area (Å²) in [5.74, 6) is 0.896. The van der Waals surface area contributed by atoms with E-state index in [2.05, 4.69) is 35.7 Å². The van der Waals surface area contributed by atoms with E-state index >= 15 is 0 Å². The fourth-order valence-electron chi connectivity index (χ4n) is 2.43. The van der Waals surface area contributed by atoms with E-state index in [9.17, 15) is 0 Å². The second-order valence-electron chi connectivity index (χ2n) is 4.78. The number of methoxy groups -OCH3 is 1. The molecule has 0 N–H and O–H groups in total.